The molecule has 0 aliphatic rings. The average molecular weight is 215 g/mol. The molecule has 2 N–H and O–H groups in total. The van der Waals surface area contributed by atoms with E-state index in [1.165, 1.54) is 12.8 Å². The van der Waals surface area contributed by atoms with Crippen LogP contribution in [0.4, 0.5) is 0 Å². The highest BCUT2D eigenvalue weighted by Gasteiger charge is 2.08. The van der Waals surface area contributed by atoms with Crippen molar-refractivity contribution in [2.45, 2.75) is 58.4 Å². The van der Waals surface area contributed by atoms with Gasteiger partial charge >= 0.3 is 5.97 Å². The smallest absolute Gasteiger partial charge is 0.303 e. The number of amides is 1. The molecule has 4 nitrogen and oxygen atoms in total. The summed E-state index contributed by atoms with van der Waals surface area (Å²) in [5.74, 6) is -1.09. The summed E-state index contributed by atoms with van der Waals surface area (Å²) in [6.07, 6.45) is 4.40. The third-order valence-electron chi connectivity index (χ3n) is 2.21. The summed E-state index contributed by atoms with van der Waals surface area (Å²) in [5.41, 5.74) is 0. The molecule has 0 saturated heterocycles. The highest BCUT2D eigenvalue weighted by Crippen LogP contribution is 2.03. The first kappa shape index (κ1) is 13.9. The van der Waals surface area contributed by atoms with Gasteiger partial charge in [0.1, 0.15) is 0 Å². The van der Waals surface area contributed by atoms with Crippen molar-refractivity contribution in [1.82, 2.24) is 5.32 Å². The second-order valence-corrected chi connectivity index (χ2v) is 3.86. The summed E-state index contributed by atoms with van der Waals surface area (Å²) in [5, 5.41) is 11.2. The molecule has 0 bridgehead atoms. The van der Waals surface area contributed by atoms with Gasteiger partial charge in [0.25, 0.3) is 0 Å². The molecule has 1 amide bonds. The molecular weight excluding hydrogens is 194 g/mol. The molecule has 0 aliphatic heterocycles. The number of hydrogen-bond acceptors (Lipinski definition) is 2. The molecule has 0 aliphatic carbocycles. The van der Waals surface area contributed by atoms with Gasteiger partial charge < -0.3 is 10.4 Å². The van der Waals surface area contributed by atoms with Crippen LogP contribution >= 0.6 is 0 Å². The van der Waals surface area contributed by atoms with Gasteiger partial charge in [-0.15, -0.1) is 0 Å². The predicted molar refractivity (Wildman–Crippen MR) is 58.6 cm³/mol. The van der Waals surface area contributed by atoms with Gasteiger partial charge in [-0.25, -0.2) is 0 Å². The number of carboxylic acid groups (broad SMARTS) is 1. The lowest BCUT2D eigenvalue weighted by Gasteiger charge is -2.12. The van der Waals surface area contributed by atoms with Crippen LogP contribution in [0.2, 0.25) is 0 Å². The van der Waals surface area contributed by atoms with E-state index in [9.17, 15) is 9.59 Å². The summed E-state index contributed by atoms with van der Waals surface area (Å²) in [4.78, 5) is 21.4. The zero-order valence-corrected chi connectivity index (χ0v) is 9.58. The van der Waals surface area contributed by atoms with E-state index >= 15 is 0 Å². The molecule has 0 spiro atoms. The lowest BCUT2D eigenvalue weighted by molar-refractivity contribution is -0.138. The van der Waals surface area contributed by atoms with Crippen LogP contribution in [0.25, 0.3) is 0 Å². The van der Waals surface area contributed by atoms with Crippen LogP contribution in [0.15, 0.2) is 0 Å². The van der Waals surface area contributed by atoms with Gasteiger partial charge in [0, 0.05) is 12.5 Å². The largest absolute Gasteiger partial charge is 0.481 e. The fourth-order valence-corrected chi connectivity index (χ4v) is 1.34. The Morgan fingerprint density at radius 3 is 2.47 bits per heavy atom. The minimum Gasteiger partial charge on any atom is -0.481 e. The molecule has 0 aromatic rings. The third-order valence-corrected chi connectivity index (χ3v) is 2.21. The molecule has 0 heterocycles. The van der Waals surface area contributed by atoms with Gasteiger partial charge in [0.15, 0.2) is 0 Å². The molecular formula is C11H21NO3. The van der Waals surface area contributed by atoms with Crippen molar-refractivity contribution in [3.8, 4) is 0 Å². The van der Waals surface area contributed by atoms with E-state index in [1.807, 2.05) is 6.92 Å². The van der Waals surface area contributed by atoms with Crippen LogP contribution in [0.1, 0.15) is 52.4 Å². The van der Waals surface area contributed by atoms with Crippen LogP contribution < -0.4 is 5.32 Å². The molecule has 0 saturated carbocycles. The van der Waals surface area contributed by atoms with Crippen molar-refractivity contribution < 1.29 is 14.7 Å². The molecule has 0 radical (unpaired) electrons. The average Bonchev–Trinajstić information content (AvgIpc) is 2.15. The monoisotopic (exact) mass is 215 g/mol. The maximum absolute atomic E-state index is 11.2. The van der Waals surface area contributed by atoms with Gasteiger partial charge in [0.2, 0.25) is 5.91 Å². The Balaban J connectivity index is 3.53. The summed E-state index contributed by atoms with van der Waals surface area (Å²) in [6, 6.07) is 0.151. The quantitative estimate of drug-likeness (QED) is 0.608. The zero-order valence-electron chi connectivity index (χ0n) is 9.58. The minimum atomic E-state index is -0.927. The Kier molecular flexibility index (Phi) is 7.68. The minimum absolute atomic E-state index is 0.0768. The standard InChI is InChI=1S/C11H21NO3/c1-3-4-5-6-9(2)12-10(13)7-8-11(14)15/h9H,3-8H2,1-2H3,(H,12,13)(H,14,15)/t9-/m1/s1. The predicted octanol–water partition coefficient (Wildman–Crippen LogP) is 1.94. The Bertz CT molecular complexity index is 204. The number of unbranched alkanes of at least 4 members (excludes halogenated alkanes) is 2. The summed E-state index contributed by atoms with van der Waals surface area (Å²) >= 11 is 0. The number of rotatable bonds is 8. The number of nitrogens with one attached hydrogen (secondary N) is 1. The summed E-state index contributed by atoms with van der Waals surface area (Å²) in [7, 11) is 0. The summed E-state index contributed by atoms with van der Waals surface area (Å²) in [6.45, 7) is 4.09. The van der Waals surface area contributed by atoms with Gasteiger partial charge in [-0.05, 0) is 13.3 Å². The number of hydrogen-bond donors (Lipinski definition) is 2. The second-order valence-electron chi connectivity index (χ2n) is 3.86. The number of carbonyl (C=O) groups excluding carboxylic acids is 1. The van der Waals surface area contributed by atoms with Gasteiger partial charge in [-0.1, -0.05) is 26.2 Å². The Hall–Kier alpha value is -1.06. The van der Waals surface area contributed by atoms with Crippen LogP contribution in [-0.4, -0.2) is 23.0 Å². The Morgan fingerprint density at radius 2 is 1.93 bits per heavy atom. The van der Waals surface area contributed by atoms with Crippen molar-refractivity contribution >= 4 is 11.9 Å². The van der Waals surface area contributed by atoms with Crippen LogP contribution in [-0.2, 0) is 9.59 Å². The molecule has 88 valence electrons. The van der Waals surface area contributed by atoms with E-state index < -0.39 is 5.97 Å². The molecule has 0 aromatic heterocycles. The fourth-order valence-electron chi connectivity index (χ4n) is 1.34. The highest BCUT2D eigenvalue weighted by atomic mass is 16.4. The van der Waals surface area contributed by atoms with E-state index in [-0.39, 0.29) is 24.8 Å². The first-order valence-corrected chi connectivity index (χ1v) is 5.57. The normalized spacial score (nSPS) is 12.1. The van der Waals surface area contributed by atoms with Crippen molar-refractivity contribution in [2.75, 3.05) is 0 Å². The second kappa shape index (κ2) is 8.26. The highest BCUT2D eigenvalue weighted by molar-refractivity contribution is 5.80. The van der Waals surface area contributed by atoms with E-state index in [1.54, 1.807) is 0 Å². The molecule has 15 heavy (non-hydrogen) atoms. The van der Waals surface area contributed by atoms with Crippen molar-refractivity contribution in [3.05, 3.63) is 0 Å². The zero-order chi connectivity index (χ0) is 11.7. The third kappa shape index (κ3) is 9.25. The van der Waals surface area contributed by atoms with Crippen molar-refractivity contribution in [1.29, 1.82) is 0 Å². The van der Waals surface area contributed by atoms with Gasteiger partial charge in [-0.3, -0.25) is 9.59 Å². The van der Waals surface area contributed by atoms with E-state index in [0.29, 0.717) is 0 Å². The first-order chi connectivity index (χ1) is 7.06. The van der Waals surface area contributed by atoms with Crippen LogP contribution in [0.5, 0.6) is 0 Å². The van der Waals surface area contributed by atoms with Crippen molar-refractivity contribution in [2.24, 2.45) is 0 Å². The molecule has 0 fully saturated rings. The van der Waals surface area contributed by atoms with E-state index in [2.05, 4.69) is 12.2 Å². The topological polar surface area (TPSA) is 66.4 Å². The molecule has 0 aromatic carbocycles. The lowest BCUT2D eigenvalue weighted by atomic mass is 10.1. The van der Waals surface area contributed by atoms with Crippen LogP contribution in [0.3, 0.4) is 0 Å². The Morgan fingerprint density at radius 1 is 1.27 bits per heavy atom. The molecule has 0 unspecified atom stereocenters. The molecule has 4 heteroatoms. The number of carbonyl (C=O) groups is 2. The van der Waals surface area contributed by atoms with Crippen LogP contribution in [0, 0.1) is 0 Å². The number of aliphatic carboxylic acids is 1. The van der Waals surface area contributed by atoms with Gasteiger partial charge in [-0.2, -0.15) is 0 Å². The van der Waals surface area contributed by atoms with E-state index in [4.69, 9.17) is 5.11 Å². The maximum Gasteiger partial charge on any atom is 0.303 e. The van der Waals surface area contributed by atoms with Gasteiger partial charge in [0.05, 0.1) is 6.42 Å². The summed E-state index contributed by atoms with van der Waals surface area (Å²) < 4.78 is 0. The number of carboxylic acids is 1. The first-order valence-electron chi connectivity index (χ1n) is 5.57. The van der Waals surface area contributed by atoms with E-state index in [0.717, 1.165) is 12.8 Å². The Labute approximate surface area is 91.1 Å². The lowest BCUT2D eigenvalue weighted by Crippen LogP contribution is -2.32. The molecule has 1 atom stereocenters. The molecule has 0 rings (SSSR count). The van der Waals surface area contributed by atoms with Crippen molar-refractivity contribution in [3.63, 3.8) is 0 Å². The SMILES string of the molecule is CCCCC[C@@H](C)NC(=O)CCC(=O)O. The fraction of sp³-hybridized carbons (Fsp3) is 0.818. The maximum atomic E-state index is 11.2.